The molecule has 4 rings (SSSR count). The van der Waals surface area contributed by atoms with E-state index in [0.29, 0.717) is 12.3 Å². The van der Waals surface area contributed by atoms with Crippen molar-refractivity contribution in [2.45, 2.75) is 56.6 Å². The first-order chi connectivity index (χ1) is 17.2. The van der Waals surface area contributed by atoms with E-state index in [2.05, 4.69) is 11.1 Å². The van der Waals surface area contributed by atoms with Gasteiger partial charge < -0.3 is 14.7 Å². The number of aliphatic hydroxyl groups is 1. The highest BCUT2D eigenvalue weighted by atomic mass is 32.2. The van der Waals surface area contributed by atoms with Gasteiger partial charge in [-0.15, -0.1) is 0 Å². The van der Waals surface area contributed by atoms with E-state index in [1.54, 1.807) is 37.3 Å². The molecule has 0 saturated heterocycles. The number of benzene rings is 1. The average molecular weight is 514 g/mol. The number of carbonyl (C=O) groups is 1. The van der Waals surface area contributed by atoms with Gasteiger partial charge in [0.1, 0.15) is 16.7 Å². The topological polar surface area (TPSA) is 100 Å². The SMILES string of the molecule is C[C@H](CO)N1C[C@H](C)[C@@H](CN(C)C(=O)Cc2ccncc2)Oc2cc(C3=CCCC3)ccc2S1(=O)=O. The summed E-state index contributed by atoms with van der Waals surface area (Å²) in [5, 5.41) is 9.83. The van der Waals surface area contributed by atoms with E-state index in [1.807, 2.05) is 31.2 Å². The number of hydrogen-bond donors (Lipinski definition) is 1. The number of ether oxygens (including phenoxy) is 1. The zero-order chi connectivity index (χ0) is 25.9. The minimum Gasteiger partial charge on any atom is -0.487 e. The summed E-state index contributed by atoms with van der Waals surface area (Å²) in [5.74, 6) is 0.00627. The van der Waals surface area contributed by atoms with Crippen molar-refractivity contribution in [3.63, 3.8) is 0 Å². The lowest BCUT2D eigenvalue weighted by molar-refractivity contribution is -0.130. The van der Waals surface area contributed by atoms with Gasteiger partial charge in [-0.3, -0.25) is 9.78 Å². The third kappa shape index (κ3) is 5.63. The van der Waals surface area contributed by atoms with Gasteiger partial charge >= 0.3 is 0 Å². The van der Waals surface area contributed by atoms with Gasteiger partial charge in [-0.2, -0.15) is 4.31 Å². The quantitative estimate of drug-likeness (QED) is 0.611. The molecule has 0 spiro atoms. The van der Waals surface area contributed by atoms with E-state index in [-0.39, 0.29) is 36.3 Å². The zero-order valence-electron chi connectivity index (χ0n) is 21.1. The number of rotatable bonds is 7. The van der Waals surface area contributed by atoms with Crippen molar-refractivity contribution in [1.82, 2.24) is 14.2 Å². The lowest BCUT2D eigenvalue weighted by atomic mass is 10.0. The van der Waals surface area contributed by atoms with E-state index < -0.39 is 22.2 Å². The van der Waals surface area contributed by atoms with E-state index in [0.717, 1.165) is 30.4 Å². The largest absolute Gasteiger partial charge is 0.487 e. The van der Waals surface area contributed by atoms with Gasteiger partial charge in [0.15, 0.2) is 0 Å². The molecule has 1 N–H and O–H groups in total. The molecule has 0 fully saturated rings. The monoisotopic (exact) mass is 513 g/mol. The minimum absolute atomic E-state index is 0.0580. The molecule has 0 saturated carbocycles. The molecule has 0 radical (unpaired) electrons. The Hall–Kier alpha value is -2.75. The molecule has 194 valence electrons. The third-order valence-electron chi connectivity index (χ3n) is 7.06. The Labute approximate surface area is 213 Å². The summed E-state index contributed by atoms with van der Waals surface area (Å²) in [6, 6.07) is 8.30. The lowest BCUT2D eigenvalue weighted by Crippen LogP contribution is -2.50. The molecule has 2 aromatic rings. The van der Waals surface area contributed by atoms with Crippen LogP contribution in [0.5, 0.6) is 5.75 Å². The molecular formula is C27H35N3O5S. The number of pyridine rings is 1. The first kappa shape index (κ1) is 26.3. The third-order valence-corrected chi connectivity index (χ3v) is 9.08. The van der Waals surface area contributed by atoms with Crippen molar-refractivity contribution in [2.75, 3.05) is 26.7 Å². The molecule has 1 amide bonds. The van der Waals surface area contributed by atoms with Gasteiger partial charge in [-0.1, -0.05) is 19.1 Å². The van der Waals surface area contributed by atoms with Gasteiger partial charge in [0.05, 0.1) is 19.6 Å². The van der Waals surface area contributed by atoms with Crippen molar-refractivity contribution in [3.8, 4) is 5.75 Å². The molecule has 1 aliphatic heterocycles. The van der Waals surface area contributed by atoms with Crippen molar-refractivity contribution in [3.05, 3.63) is 59.9 Å². The highest BCUT2D eigenvalue weighted by molar-refractivity contribution is 7.89. The molecule has 2 heterocycles. The van der Waals surface area contributed by atoms with Gasteiger partial charge in [0.25, 0.3) is 0 Å². The Bertz CT molecular complexity index is 1220. The standard InChI is InChI=1S/C27H35N3O5S/c1-19-16-30(20(2)18-31)36(33,34)26-9-8-23(22-6-4-5-7-22)15-24(26)35-25(19)17-29(3)27(32)14-21-10-12-28-13-11-21/h6,8-13,15,19-20,25,31H,4-5,7,14,16-18H2,1-3H3/t19-,20+,25+/m0/s1. The molecule has 36 heavy (non-hydrogen) atoms. The van der Waals surface area contributed by atoms with Crippen LogP contribution >= 0.6 is 0 Å². The second kappa shape index (κ2) is 11.1. The van der Waals surface area contributed by atoms with Crippen LogP contribution in [-0.4, -0.2) is 72.5 Å². The maximum atomic E-state index is 13.6. The molecule has 9 heteroatoms. The second-order valence-corrected chi connectivity index (χ2v) is 11.7. The maximum absolute atomic E-state index is 13.6. The van der Waals surface area contributed by atoms with Crippen molar-refractivity contribution < 1.29 is 23.1 Å². The number of carbonyl (C=O) groups excluding carboxylic acids is 1. The van der Waals surface area contributed by atoms with E-state index in [4.69, 9.17) is 4.74 Å². The van der Waals surface area contributed by atoms with E-state index in [1.165, 1.54) is 9.88 Å². The Morgan fingerprint density at radius 1 is 1.28 bits per heavy atom. The molecule has 2 aliphatic rings. The summed E-state index contributed by atoms with van der Waals surface area (Å²) < 4.78 is 35.1. The fourth-order valence-electron chi connectivity index (χ4n) is 4.76. The molecule has 1 aliphatic carbocycles. The number of aromatic nitrogens is 1. The molecule has 3 atom stereocenters. The van der Waals surface area contributed by atoms with Crippen LogP contribution < -0.4 is 4.74 Å². The Morgan fingerprint density at radius 2 is 2.03 bits per heavy atom. The maximum Gasteiger partial charge on any atom is 0.247 e. The normalized spacial score (nSPS) is 22.5. The van der Waals surface area contributed by atoms with Crippen LogP contribution in [0.2, 0.25) is 0 Å². The predicted molar refractivity (Wildman–Crippen MR) is 138 cm³/mol. The van der Waals surface area contributed by atoms with E-state index in [9.17, 15) is 18.3 Å². The number of likely N-dealkylation sites (N-methyl/N-ethyl adjacent to an activating group) is 1. The lowest BCUT2D eigenvalue weighted by Gasteiger charge is -2.37. The van der Waals surface area contributed by atoms with Crippen LogP contribution in [0.3, 0.4) is 0 Å². The number of fused-ring (bicyclic) bond motifs is 1. The van der Waals surface area contributed by atoms with Crippen LogP contribution in [0, 0.1) is 5.92 Å². The van der Waals surface area contributed by atoms with Crippen LogP contribution in [0.25, 0.3) is 5.57 Å². The average Bonchev–Trinajstić information content (AvgIpc) is 3.41. The van der Waals surface area contributed by atoms with Crippen molar-refractivity contribution in [1.29, 1.82) is 0 Å². The predicted octanol–water partition coefficient (Wildman–Crippen LogP) is 3.12. The van der Waals surface area contributed by atoms with E-state index >= 15 is 0 Å². The second-order valence-electron chi connectivity index (χ2n) is 9.83. The van der Waals surface area contributed by atoms with Crippen LogP contribution in [0.4, 0.5) is 0 Å². The fourth-order valence-corrected chi connectivity index (χ4v) is 6.58. The number of nitrogens with zero attached hydrogens (tertiary/aromatic N) is 3. The molecule has 8 nitrogen and oxygen atoms in total. The molecular weight excluding hydrogens is 478 g/mol. The highest BCUT2D eigenvalue weighted by Gasteiger charge is 2.38. The number of hydrogen-bond acceptors (Lipinski definition) is 6. The van der Waals surface area contributed by atoms with Crippen molar-refractivity contribution >= 4 is 21.5 Å². The summed E-state index contributed by atoms with van der Waals surface area (Å²) in [5.41, 5.74) is 3.02. The summed E-state index contributed by atoms with van der Waals surface area (Å²) >= 11 is 0. The first-order valence-electron chi connectivity index (χ1n) is 12.5. The molecule has 1 aromatic heterocycles. The van der Waals surface area contributed by atoms with Gasteiger partial charge in [0.2, 0.25) is 15.9 Å². The smallest absolute Gasteiger partial charge is 0.247 e. The summed E-state index contributed by atoms with van der Waals surface area (Å²) in [6.07, 6.45) is 8.36. The van der Waals surface area contributed by atoms with Crippen LogP contribution in [0.1, 0.15) is 44.2 Å². The van der Waals surface area contributed by atoms with Gasteiger partial charge in [0, 0.05) is 37.9 Å². The molecule has 0 bridgehead atoms. The van der Waals surface area contributed by atoms with Crippen LogP contribution in [-0.2, 0) is 21.2 Å². The van der Waals surface area contributed by atoms with Crippen LogP contribution in [0.15, 0.2) is 53.7 Å². The Morgan fingerprint density at radius 3 is 2.69 bits per heavy atom. The van der Waals surface area contributed by atoms with Gasteiger partial charge in [-0.05, 0) is 67.2 Å². The fraction of sp³-hybridized carbons (Fsp3) is 0.481. The number of amides is 1. The minimum atomic E-state index is -3.89. The summed E-state index contributed by atoms with van der Waals surface area (Å²) in [7, 11) is -2.15. The zero-order valence-corrected chi connectivity index (χ0v) is 21.9. The first-order valence-corrected chi connectivity index (χ1v) is 13.9. The molecule has 0 unspecified atom stereocenters. The highest BCUT2D eigenvalue weighted by Crippen LogP contribution is 2.37. The Kier molecular flexibility index (Phi) is 8.12. The number of sulfonamides is 1. The summed E-state index contributed by atoms with van der Waals surface area (Å²) in [6.45, 7) is 3.81. The Balaban J connectivity index is 1.66. The number of allylic oxidation sites excluding steroid dienone is 2. The summed E-state index contributed by atoms with van der Waals surface area (Å²) in [4.78, 5) is 18.7. The number of aliphatic hydroxyl groups excluding tert-OH is 1. The van der Waals surface area contributed by atoms with Gasteiger partial charge in [-0.25, -0.2) is 8.42 Å². The van der Waals surface area contributed by atoms with Crippen molar-refractivity contribution in [2.24, 2.45) is 5.92 Å². The molecule has 1 aromatic carbocycles.